The fourth-order valence-corrected chi connectivity index (χ4v) is 2.46. The summed E-state index contributed by atoms with van der Waals surface area (Å²) < 4.78 is 11.8. The van der Waals surface area contributed by atoms with E-state index >= 15 is 0 Å². The highest BCUT2D eigenvalue weighted by molar-refractivity contribution is 5.98. The van der Waals surface area contributed by atoms with E-state index in [0.29, 0.717) is 18.5 Å². The number of para-hydroxylation sites is 1. The Kier molecular flexibility index (Phi) is 6.54. The van der Waals surface area contributed by atoms with E-state index in [1.54, 1.807) is 20.4 Å². The number of carbonyl (C=O) groups excluding carboxylic acids is 3. The van der Waals surface area contributed by atoms with E-state index < -0.39 is 11.9 Å². The van der Waals surface area contributed by atoms with E-state index in [9.17, 15) is 14.4 Å². The average molecular weight is 358 g/mol. The van der Waals surface area contributed by atoms with Crippen LogP contribution >= 0.6 is 0 Å². The molecule has 1 amide bonds. The molecule has 138 valence electrons. The van der Waals surface area contributed by atoms with Crippen LogP contribution in [0, 0.1) is 0 Å². The number of ketones is 1. The summed E-state index contributed by atoms with van der Waals surface area (Å²) in [6.45, 7) is 1.43. The van der Waals surface area contributed by atoms with E-state index in [4.69, 9.17) is 9.47 Å². The lowest BCUT2D eigenvalue weighted by Crippen LogP contribution is -2.30. The Morgan fingerprint density at radius 3 is 2.58 bits per heavy atom. The van der Waals surface area contributed by atoms with Crippen molar-refractivity contribution in [2.45, 2.75) is 13.3 Å². The minimum absolute atomic E-state index is 0.145. The molecule has 26 heavy (non-hydrogen) atoms. The molecule has 1 N–H and O–H groups in total. The maximum atomic E-state index is 12.0. The number of methoxy groups -OCH3 is 1. The van der Waals surface area contributed by atoms with Crippen LogP contribution in [0.5, 0.6) is 5.75 Å². The second kappa shape index (κ2) is 8.84. The number of Topliss-reactive ketones (excluding diaryl/α,β-unsaturated/α-hetero) is 1. The summed E-state index contributed by atoms with van der Waals surface area (Å²) in [6.07, 6.45) is 2.15. The Hall–Kier alpha value is -3.09. The van der Waals surface area contributed by atoms with Gasteiger partial charge in [0.05, 0.1) is 7.11 Å². The first-order valence-corrected chi connectivity index (χ1v) is 8.15. The molecule has 0 unspecified atom stereocenters. The molecule has 2 aromatic rings. The Morgan fingerprint density at radius 1 is 1.19 bits per heavy atom. The standard InChI is InChI=1S/C19H22N2O5/c1-13(22)15-10-16(21(2)11-15)19(24)26-12-18(23)20-9-8-14-6-4-5-7-17(14)25-3/h4-7,10-11H,8-9,12H2,1-3H3,(H,20,23). The minimum atomic E-state index is -0.653. The van der Waals surface area contributed by atoms with Gasteiger partial charge < -0.3 is 19.4 Å². The molecular weight excluding hydrogens is 336 g/mol. The number of amides is 1. The number of nitrogens with zero attached hydrogens (tertiary/aromatic N) is 1. The Morgan fingerprint density at radius 2 is 1.92 bits per heavy atom. The molecule has 7 nitrogen and oxygen atoms in total. The molecule has 0 spiro atoms. The van der Waals surface area contributed by atoms with Gasteiger partial charge in [-0.1, -0.05) is 18.2 Å². The quantitative estimate of drug-likeness (QED) is 0.574. The number of carbonyl (C=O) groups is 3. The van der Waals surface area contributed by atoms with Crippen molar-refractivity contribution in [3.05, 3.63) is 53.3 Å². The fourth-order valence-electron chi connectivity index (χ4n) is 2.46. The van der Waals surface area contributed by atoms with E-state index in [2.05, 4.69) is 5.32 Å². The van der Waals surface area contributed by atoms with Crippen molar-refractivity contribution in [1.29, 1.82) is 0 Å². The number of nitrogens with one attached hydrogen (secondary N) is 1. The molecule has 0 aliphatic carbocycles. The highest BCUT2D eigenvalue weighted by Crippen LogP contribution is 2.17. The maximum Gasteiger partial charge on any atom is 0.355 e. The van der Waals surface area contributed by atoms with Crippen LogP contribution in [0.4, 0.5) is 0 Å². The third kappa shape index (κ3) is 4.95. The Labute approximate surface area is 151 Å². The molecule has 0 aliphatic heterocycles. The van der Waals surface area contributed by atoms with E-state index in [1.807, 2.05) is 24.3 Å². The monoisotopic (exact) mass is 358 g/mol. The summed E-state index contributed by atoms with van der Waals surface area (Å²) in [4.78, 5) is 35.2. The highest BCUT2D eigenvalue weighted by Gasteiger charge is 2.16. The number of benzene rings is 1. The number of ether oxygens (including phenoxy) is 2. The number of aromatic nitrogens is 1. The Balaban J connectivity index is 1.80. The van der Waals surface area contributed by atoms with Crippen molar-refractivity contribution in [3.8, 4) is 5.75 Å². The number of esters is 1. The first-order chi connectivity index (χ1) is 12.4. The van der Waals surface area contributed by atoms with Crippen molar-refractivity contribution in [3.63, 3.8) is 0 Å². The molecule has 7 heteroatoms. The van der Waals surface area contributed by atoms with E-state index in [0.717, 1.165) is 11.3 Å². The topological polar surface area (TPSA) is 86.6 Å². The van der Waals surface area contributed by atoms with Gasteiger partial charge in [0, 0.05) is 25.4 Å². The van der Waals surface area contributed by atoms with Gasteiger partial charge in [-0.15, -0.1) is 0 Å². The molecule has 0 fully saturated rings. The van der Waals surface area contributed by atoms with Gasteiger partial charge in [0.25, 0.3) is 5.91 Å². The van der Waals surface area contributed by atoms with Gasteiger partial charge >= 0.3 is 5.97 Å². The van der Waals surface area contributed by atoms with E-state index in [1.165, 1.54) is 17.6 Å². The lowest BCUT2D eigenvalue weighted by Gasteiger charge is -2.09. The molecular formula is C19H22N2O5. The minimum Gasteiger partial charge on any atom is -0.496 e. The van der Waals surface area contributed by atoms with E-state index in [-0.39, 0.29) is 18.1 Å². The van der Waals surface area contributed by atoms with Crippen molar-refractivity contribution in [1.82, 2.24) is 9.88 Å². The van der Waals surface area contributed by atoms with Crippen LogP contribution in [0.2, 0.25) is 0 Å². The smallest absolute Gasteiger partial charge is 0.355 e. The summed E-state index contributed by atoms with van der Waals surface area (Å²) in [5.41, 5.74) is 1.62. The van der Waals surface area contributed by atoms with Gasteiger partial charge in [-0.2, -0.15) is 0 Å². The summed E-state index contributed by atoms with van der Waals surface area (Å²) in [7, 11) is 3.23. The SMILES string of the molecule is COc1ccccc1CCNC(=O)COC(=O)c1cc(C(C)=O)cn1C. The van der Waals surface area contributed by atoms with Crippen LogP contribution in [-0.4, -0.2) is 42.5 Å². The summed E-state index contributed by atoms with van der Waals surface area (Å²) in [5.74, 6) is -0.430. The molecule has 0 aliphatic rings. The van der Waals surface area contributed by atoms with Crippen molar-refractivity contribution in [2.75, 3.05) is 20.3 Å². The Bertz CT molecular complexity index is 810. The zero-order valence-corrected chi connectivity index (χ0v) is 15.1. The molecule has 1 aromatic carbocycles. The predicted molar refractivity (Wildman–Crippen MR) is 95.4 cm³/mol. The molecule has 0 radical (unpaired) electrons. The normalized spacial score (nSPS) is 10.3. The van der Waals surface area contributed by atoms with Gasteiger partial charge in [-0.25, -0.2) is 4.79 Å². The number of aryl methyl sites for hydroxylation is 1. The first kappa shape index (κ1) is 19.2. The van der Waals surface area contributed by atoms with Crippen LogP contribution in [0.3, 0.4) is 0 Å². The lowest BCUT2D eigenvalue weighted by atomic mass is 10.1. The average Bonchev–Trinajstić information content (AvgIpc) is 3.02. The van der Waals surface area contributed by atoms with Crippen LogP contribution in [0.25, 0.3) is 0 Å². The van der Waals surface area contributed by atoms with Gasteiger partial charge in [0.15, 0.2) is 12.4 Å². The van der Waals surface area contributed by atoms with Crippen LogP contribution in [0.15, 0.2) is 36.5 Å². The molecule has 1 heterocycles. The van der Waals surface area contributed by atoms with Crippen LogP contribution in [-0.2, 0) is 23.0 Å². The maximum absolute atomic E-state index is 12.0. The highest BCUT2D eigenvalue weighted by atomic mass is 16.5. The van der Waals surface area contributed by atoms with Gasteiger partial charge in [0.1, 0.15) is 11.4 Å². The van der Waals surface area contributed by atoms with Crippen molar-refractivity contribution in [2.24, 2.45) is 7.05 Å². The summed E-state index contributed by atoms with van der Waals surface area (Å²) in [6, 6.07) is 9.00. The van der Waals surface area contributed by atoms with Crippen LogP contribution < -0.4 is 10.1 Å². The zero-order valence-electron chi connectivity index (χ0n) is 15.1. The van der Waals surface area contributed by atoms with Crippen LogP contribution in [0.1, 0.15) is 33.3 Å². The predicted octanol–water partition coefficient (Wildman–Crippen LogP) is 1.75. The summed E-state index contributed by atoms with van der Waals surface area (Å²) in [5, 5.41) is 2.69. The lowest BCUT2D eigenvalue weighted by molar-refractivity contribution is -0.124. The van der Waals surface area contributed by atoms with Gasteiger partial charge in [0.2, 0.25) is 0 Å². The largest absolute Gasteiger partial charge is 0.496 e. The molecule has 0 saturated heterocycles. The molecule has 0 atom stereocenters. The third-order valence-electron chi connectivity index (χ3n) is 3.86. The molecule has 1 aromatic heterocycles. The molecule has 0 saturated carbocycles. The van der Waals surface area contributed by atoms with Crippen molar-refractivity contribution < 1.29 is 23.9 Å². The second-order valence-electron chi connectivity index (χ2n) is 5.77. The third-order valence-corrected chi connectivity index (χ3v) is 3.86. The first-order valence-electron chi connectivity index (χ1n) is 8.15. The number of hydrogen-bond donors (Lipinski definition) is 1. The second-order valence-corrected chi connectivity index (χ2v) is 5.77. The fraction of sp³-hybridized carbons (Fsp3) is 0.316. The van der Waals surface area contributed by atoms with Gasteiger partial charge in [-0.05, 0) is 31.0 Å². The molecule has 2 rings (SSSR count). The number of hydrogen-bond acceptors (Lipinski definition) is 5. The summed E-state index contributed by atoms with van der Waals surface area (Å²) >= 11 is 0. The van der Waals surface area contributed by atoms with Crippen molar-refractivity contribution >= 4 is 17.7 Å². The zero-order chi connectivity index (χ0) is 19.1. The number of rotatable bonds is 8. The van der Waals surface area contributed by atoms with Gasteiger partial charge in [-0.3, -0.25) is 9.59 Å². The molecule has 0 bridgehead atoms.